The summed E-state index contributed by atoms with van der Waals surface area (Å²) in [6.07, 6.45) is 1.79. The highest BCUT2D eigenvalue weighted by atomic mass is 79.9. The number of rotatable bonds is 7. The number of hydrogen-bond donors (Lipinski definition) is 1. The lowest BCUT2D eigenvalue weighted by Crippen LogP contribution is -2.14. The summed E-state index contributed by atoms with van der Waals surface area (Å²) in [6, 6.07) is 13.4. The van der Waals surface area contributed by atoms with Crippen LogP contribution in [0.2, 0.25) is 5.02 Å². The number of carbonyl (C=O) groups is 1. The van der Waals surface area contributed by atoms with Gasteiger partial charge in [-0.2, -0.15) is 0 Å². The summed E-state index contributed by atoms with van der Waals surface area (Å²) in [4.78, 5) is 12.3. The first-order chi connectivity index (χ1) is 13.5. The number of benzene rings is 2. The number of thioether (sulfide) groups is 1. The van der Waals surface area contributed by atoms with Gasteiger partial charge in [-0.3, -0.25) is 9.36 Å². The van der Waals surface area contributed by atoms with Crippen LogP contribution in [-0.4, -0.2) is 26.4 Å². The maximum absolute atomic E-state index is 12.3. The fraction of sp³-hybridized carbons (Fsp3) is 0.150. The molecule has 0 aliphatic heterocycles. The molecule has 0 atom stereocenters. The van der Waals surface area contributed by atoms with Crippen molar-refractivity contribution in [1.29, 1.82) is 0 Å². The highest BCUT2D eigenvalue weighted by molar-refractivity contribution is 9.10. The zero-order valence-corrected chi connectivity index (χ0v) is 18.3. The Morgan fingerprint density at radius 2 is 2.14 bits per heavy atom. The highest BCUT2D eigenvalue weighted by Crippen LogP contribution is 2.27. The Morgan fingerprint density at radius 1 is 1.32 bits per heavy atom. The maximum atomic E-state index is 12.3. The van der Waals surface area contributed by atoms with E-state index >= 15 is 0 Å². The molecule has 0 unspecified atom stereocenters. The second-order valence-corrected chi connectivity index (χ2v) is 8.24. The fourth-order valence-corrected chi connectivity index (χ4v) is 3.76. The van der Waals surface area contributed by atoms with E-state index in [2.05, 4.69) is 44.1 Å². The highest BCUT2D eigenvalue weighted by Gasteiger charge is 2.15. The second-order valence-electron chi connectivity index (χ2n) is 6.04. The van der Waals surface area contributed by atoms with E-state index in [0.29, 0.717) is 22.4 Å². The normalized spacial score (nSPS) is 10.7. The van der Waals surface area contributed by atoms with E-state index in [1.165, 1.54) is 11.8 Å². The van der Waals surface area contributed by atoms with Gasteiger partial charge in [-0.15, -0.1) is 16.8 Å². The molecule has 3 rings (SSSR count). The number of anilines is 1. The Labute approximate surface area is 181 Å². The van der Waals surface area contributed by atoms with Crippen LogP contribution in [0.3, 0.4) is 0 Å². The predicted octanol–water partition coefficient (Wildman–Crippen LogP) is 5.59. The van der Waals surface area contributed by atoms with E-state index in [9.17, 15) is 4.79 Å². The van der Waals surface area contributed by atoms with E-state index in [-0.39, 0.29) is 11.7 Å². The molecule has 28 heavy (non-hydrogen) atoms. The number of aryl methyl sites for hydroxylation is 1. The van der Waals surface area contributed by atoms with Crippen molar-refractivity contribution in [3.63, 3.8) is 0 Å². The van der Waals surface area contributed by atoms with Crippen LogP contribution in [0, 0.1) is 6.92 Å². The first-order valence-electron chi connectivity index (χ1n) is 8.46. The monoisotopic (exact) mass is 476 g/mol. The molecule has 0 saturated heterocycles. The molecule has 1 heterocycles. The van der Waals surface area contributed by atoms with E-state index in [1.54, 1.807) is 24.3 Å². The topological polar surface area (TPSA) is 59.8 Å². The minimum Gasteiger partial charge on any atom is -0.325 e. The van der Waals surface area contributed by atoms with E-state index < -0.39 is 0 Å². The number of halogens is 2. The molecule has 8 heteroatoms. The fourth-order valence-electron chi connectivity index (χ4n) is 2.59. The van der Waals surface area contributed by atoms with Crippen LogP contribution in [0.5, 0.6) is 0 Å². The summed E-state index contributed by atoms with van der Waals surface area (Å²) < 4.78 is 2.73. The Bertz CT molecular complexity index is 1020. The molecule has 144 valence electrons. The van der Waals surface area contributed by atoms with Crippen molar-refractivity contribution in [1.82, 2.24) is 14.8 Å². The number of carbonyl (C=O) groups excluding carboxylic acids is 1. The first-order valence-corrected chi connectivity index (χ1v) is 10.6. The Kier molecular flexibility index (Phi) is 6.93. The largest absolute Gasteiger partial charge is 0.325 e. The molecule has 5 nitrogen and oxygen atoms in total. The maximum Gasteiger partial charge on any atom is 0.234 e. The number of allylic oxidation sites excluding steroid dienone is 1. The first kappa shape index (κ1) is 20.6. The molecule has 0 spiro atoms. The number of aromatic nitrogens is 3. The molecule has 1 N–H and O–H groups in total. The van der Waals surface area contributed by atoms with Crippen molar-refractivity contribution in [3.05, 3.63) is 70.2 Å². The van der Waals surface area contributed by atoms with Gasteiger partial charge in [-0.05, 0) is 47.1 Å². The third kappa shape index (κ3) is 5.04. The summed E-state index contributed by atoms with van der Waals surface area (Å²) >= 11 is 10.7. The summed E-state index contributed by atoms with van der Waals surface area (Å²) in [6.45, 7) is 6.41. The average Bonchev–Trinajstić information content (AvgIpc) is 3.06. The van der Waals surface area contributed by atoms with E-state index in [1.807, 2.05) is 29.7 Å². The number of nitrogens with one attached hydrogen (secondary N) is 1. The van der Waals surface area contributed by atoms with Crippen LogP contribution < -0.4 is 5.32 Å². The Morgan fingerprint density at radius 3 is 2.86 bits per heavy atom. The molecule has 3 aromatic rings. The summed E-state index contributed by atoms with van der Waals surface area (Å²) in [7, 11) is 0. The second kappa shape index (κ2) is 9.41. The van der Waals surface area contributed by atoms with Gasteiger partial charge in [-0.25, -0.2) is 0 Å². The van der Waals surface area contributed by atoms with Crippen LogP contribution in [-0.2, 0) is 11.3 Å². The lowest BCUT2D eigenvalue weighted by atomic mass is 10.1. The Hall–Kier alpha value is -2.09. The van der Waals surface area contributed by atoms with Crippen molar-refractivity contribution in [3.8, 4) is 11.4 Å². The van der Waals surface area contributed by atoms with E-state index in [0.717, 1.165) is 21.4 Å². The van der Waals surface area contributed by atoms with Gasteiger partial charge in [0.05, 0.1) is 10.8 Å². The molecule has 0 bridgehead atoms. The summed E-state index contributed by atoms with van der Waals surface area (Å²) in [5, 5.41) is 12.6. The zero-order valence-electron chi connectivity index (χ0n) is 15.2. The molecule has 0 aliphatic rings. The molecular weight excluding hydrogens is 460 g/mol. The smallest absolute Gasteiger partial charge is 0.234 e. The van der Waals surface area contributed by atoms with Gasteiger partial charge in [0.15, 0.2) is 11.0 Å². The average molecular weight is 478 g/mol. The van der Waals surface area contributed by atoms with Crippen molar-refractivity contribution >= 4 is 50.9 Å². The zero-order chi connectivity index (χ0) is 20.1. The van der Waals surface area contributed by atoms with Gasteiger partial charge in [-0.1, -0.05) is 53.2 Å². The standard InChI is InChI=1S/C20H18BrClN4OS/c1-3-9-26-19(14-6-4-5-13(2)10-14)24-25-20(26)28-12-18(27)23-15-7-8-16(21)17(22)11-15/h3-8,10-11H,1,9,12H2,2H3,(H,23,27). The third-order valence-corrected chi connectivity index (χ3v) is 6.04. The molecule has 0 fully saturated rings. The predicted molar refractivity (Wildman–Crippen MR) is 119 cm³/mol. The molecule has 0 saturated carbocycles. The molecule has 2 aromatic carbocycles. The number of amides is 1. The summed E-state index contributed by atoms with van der Waals surface area (Å²) in [5.74, 6) is 0.816. The van der Waals surface area contributed by atoms with Crippen molar-refractivity contribution in [2.75, 3.05) is 11.1 Å². The van der Waals surface area contributed by atoms with Crippen molar-refractivity contribution < 1.29 is 4.79 Å². The lowest BCUT2D eigenvalue weighted by molar-refractivity contribution is -0.113. The third-order valence-electron chi connectivity index (χ3n) is 3.84. The van der Waals surface area contributed by atoms with Crippen molar-refractivity contribution in [2.24, 2.45) is 0 Å². The van der Waals surface area contributed by atoms with Crippen LogP contribution in [0.25, 0.3) is 11.4 Å². The van der Waals surface area contributed by atoms with E-state index in [4.69, 9.17) is 11.6 Å². The molecule has 0 radical (unpaired) electrons. The van der Waals surface area contributed by atoms with Gasteiger partial charge in [0, 0.05) is 22.3 Å². The minimum atomic E-state index is -0.145. The number of hydrogen-bond acceptors (Lipinski definition) is 4. The quantitative estimate of drug-likeness (QED) is 0.356. The van der Waals surface area contributed by atoms with Crippen LogP contribution in [0.4, 0.5) is 5.69 Å². The van der Waals surface area contributed by atoms with Gasteiger partial charge in [0.2, 0.25) is 5.91 Å². The summed E-state index contributed by atoms with van der Waals surface area (Å²) in [5.41, 5.74) is 2.77. The van der Waals surface area contributed by atoms with Gasteiger partial charge in [0.25, 0.3) is 0 Å². The molecule has 1 amide bonds. The van der Waals surface area contributed by atoms with Crippen LogP contribution in [0.15, 0.2) is 64.7 Å². The minimum absolute atomic E-state index is 0.145. The molecular formula is C20H18BrClN4OS. The van der Waals surface area contributed by atoms with Gasteiger partial charge in [0.1, 0.15) is 0 Å². The SMILES string of the molecule is C=CCn1c(SCC(=O)Nc2ccc(Br)c(Cl)c2)nnc1-c1cccc(C)c1. The van der Waals surface area contributed by atoms with Crippen LogP contribution in [0.1, 0.15) is 5.56 Å². The van der Waals surface area contributed by atoms with Gasteiger partial charge < -0.3 is 5.32 Å². The van der Waals surface area contributed by atoms with Gasteiger partial charge >= 0.3 is 0 Å². The van der Waals surface area contributed by atoms with Crippen molar-refractivity contribution in [2.45, 2.75) is 18.6 Å². The molecule has 1 aromatic heterocycles. The lowest BCUT2D eigenvalue weighted by Gasteiger charge is -2.09. The molecule has 0 aliphatic carbocycles. The van der Waals surface area contributed by atoms with Crippen LogP contribution >= 0.6 is 39.3 Å². The Balaban J connectivity index is 1.72. The number of nitrogens with zero attached hydrogens (tertiary/aromatic N) is 3.